The van der Waals surface area contributed by atoms with Crippen molar-refractivity contribution < 1.29 is 0 Å². The molecule has 4 heteroatoms. The zero-order chi connectivity index (χ0) is 16.5. The Balaban J connectivity index is 2.03. The number of fused-ring (bicyclic) bond motifs is 1. The lowest BCUT2D eigenvalue weighted by Gasteiger charge is -2.07. The molecule has 2 aromatic carbocycles. The summed E-state index contributed by atoms with van der Waals surface area (Å²) in [6.45, 7) is 2.05. The highest BCUT2D eigenvalue weighted by molar-refractivity contribution is 7.98. The molecular formula is C20H17N3S. The third-order valence-electron chi connectivity index (χ3n) is 4.07. The van der Waals surface area contributed by atoms with Crippen LogP contribution in [0.1, 0.15) is 5.69 Å². The number of hydrogen-bond acceptors (Lipinski definition) is 3. The molecule has 118 valence electrons. The highest BCUT2D eigenvalue weighted by Gasteiger charge is 2.16. The molecule has 0 saturated carbocycles. The molecule has 4 rings (SSSR count). The molecule has 2 heterocycles. The van der Waals surface area contributed by atoms with Gasteiger partial charge in [0.25, 0.3) is 0 Å². The average molecular weight is 331 g/mol. The number of rotatable bonds is 3. The predicted molar refractivity (Wildman–Crippen MR) is 101 cm³/mol. The summed E-state index contributed by atoms with van der Waals surface area (Å²) in [6.07, 6.45) is 2.10. The molecule has 0 bridgehead atoms. The third kappa shape index (κ3) is 2.49. The molecule has 3 nitrogen and oxygen atoms in total. The van der Waals surface area contributed by atoms with Crippen LogP contribution in [0.4, 0.5) is 0 Å². The van der Waals surface area contributed by atoms with Crippen LogP contribution < -0.4 is 0 Å². The van der Waals surface area contributed by atoms with E-state index in [2.05, 4.69) is 36.6 Å². The Kier molecular flexibility index (Phi) is 3.82. The lowest BCUT2D eigenvalue weighted by molar-refractivity contribution is 0.878. The summed E-state index contributed by atoms with van der Waals surface area (Å²) < 4.78 is 1.94. The molecule has 0 atom stereocenters. The van der Waals surface area contributed by atoms with E-state index in [-0.39, 0.29) is 0 Å². The second-order valence-corrected chi connectivity index (χ2v) is 6.46. The molecule has 0 aliphatic heterocycles. The van der Waals surface area contributed by atoms with Crippen molar-refractivity contribution in [3.05, 3.63) is 72.4 Å². The van der Waals surface area contributed by atoms with Crippen LogP contribution in [-0.4, -0.2) is 21.0 Å². The van der Waals surface area contributed by atoms with Gasteiger partial charge < -0.3 is 0 Å². The number of aryl methyl sites for hydroxylation is 1. The Morgan fingerprint density at radius 3 is 2.25 bits per heavy atom. The van der Waals surface area contributed by atoms with Crippen molar-refractivity contribution in [3.63, 3.8) is 0 Å². The van der Waals surface area contributed by atoms with Crippen LogP contribution in [0, 0.1) is 6.92 Å². The maximum absolute atomic E-state index is 4.94. The van der Waals surface area contributed by atoms with Crippen molar-refractivity contribution in [3.8, 4) is 16.9 Å². The van der Waals surface area contributed by atoms with E-state index in [0.29, 0.717) is 0 Å². The molecule has 0 amide bonds. The second kappa shape index (κ2) is 6.13. The fraction of sp³-hybridized carbons (Fsp3) is 0.100. The minimum Gasteiger partial charge on any atom is -0.228 e. The van der Waals surface area contributed by atoms with Crippen molar-refractivity contribution in [2.75, 3.05) is 6.26 Å². The molecule has 0 saturated heterocycles. The summed E-state index contributed by atoms with van der Waals surface area (Å²) in [5.41, 5.74) is 5.03. The number of benzene rings is 2. The lowest BCUT2D eigenvalue weighted by atomic mass is 10.1. The molecule has 0 fully saturated rings. The maximum atomic E-state index is 4.94. The van der Waals surface area contributed by atoms with E-state index in [9.17, 15) is 0 Å². The average Bonchev–Trinajstić information content (AvgIpc) is 2.99. The van der Waals surface area contributed by atoms with Gasteiger partial charge in [0.1, 0.15) is 0 Å². The standard InChI is InChI=1S/C20H17N3S/c1-14-19-18(24-2)13-17(15-9-5-3-6-10-15)21-20(19)23(22-14)16-11-7-4-8-12-16/h3-13H,1-2H3. The van der Waals surface area contributed by atoms with Crippen LogP contribution in [0.3, 0.4) is 0 Å². The van der Waals surface area contributed by atoms with E-state index >= 15 is 0 Å². The normalized spacial score (nSPS) is 11.1. The SMILES string of the molecule is CSc1cc(-c2ccccc2)nc2c1c(C)nn2-c1ccccc1. The van der Waals surface area contributed by atoms with Crippen molar-refractivity contribution >= 4 is 22.8 Å². The summed E-state index contributed by atoms with van der Waals surface area (Å²) in [6, 6.07) is 22.6. The van der Waals surface area contributed by atoms with Crippen LogP contribution >= 0.6 is 11.8 Å². The van der Waals surface area contributed by atoms with E-state index in [1.165, 1.54) is 4.90 Å². The van der Waals surface area contributed by atoms with Crippen LogP contribution in [-0.2, 0) is 0 Å². The van der Waals surface area contributed by atoms with Gasteiger partial charge in [-0.1, -0.05) is 48.5 Å². The molecule has 4 aromatic rings. The molecule has 24 heavy (non-hydrogen) atoms. The van der Waals surface area contributed by atoms with Crippen LogP contribution in [0.15, 0.2) is 71.6 Å². The number of thioether (sulfide) groups is 1. The molecular weight excluding hydrogens is 314 g/mol. The van der Waals surface area contributed by atoms with Crippen LogP contribution in [0.25, 0.3) is 28.0 Å². The summed E-state index contributed by atoms with van der Waals surface area (Å²) in [5, 5.41) is 5.87. The van der Waals surface area contributed by atoms with Crippen molar-refractivity contribution in [2.45, 2.75) is 11.8 Å². The number of para-hydroxylation sites is 1. The Bertz CT molecular complexity index is 992. The highest BCUT2D eigenvalue weighted by atomic mass is 32.2. The van der Waals surface area contributed by atoms with Gasteiger partial charge in [0.15, 0.2) is 5.65 Å². The molecule has 0 radical (unpaired) electrons. The first-order valence-corrected chi connectivity index (χ1v) is 9.05. The van der Waals surface area contributed by atoms with Gasteiger partial charge in [-0.15, -0.1) is 11.8 Å². The zero-order valence-corrected chi connectivity index (χ0v) is 14.4. The molecule has 0 aliphatic rings. The summed E-state index contributed by atoms with van der Waals surface area (Å²) in [7, 11) is 0. The van der Waals surface area contributed by atoms with Crippen LogP contribution in [0.2, 0.25) is 0 Å². The molecule has 0 aliphatic carbocycles. The van der Waals surface area contributed by atoms with Gasteiger partial charge in [0.05, 0.1) is 22.5 Å². The Labute approximate surface area is 145 Å². The van der Waals surface area contributed by atoms with E-state index in [0.717, 1.165) is 33.7 Å². The number of aromatic nitrogens is 3. The monoisotopic (exact) mass is 331 g/mol. The minimum atomic E-state index is 0.907. The fourth-order valence-electron chi connectivity index (χ4n) is 2.92. The maximum Gasteiger partial charge on any atom is 0.164 e. The number of hydrogen-bond donors (Lipinski definition) is 0. The number of pyridine rings is 1. The quantitative estimate of drug-likeness (QED) is 0.488. The van der Waals surface area contributed by atoms with Gasteiger partial charge in [0.2, 0.25) is 0 Å². The topological polar surface area (TPSA) is 30.7 Å². The van der Waals surface area contributed by atoms with Crippen molar-refractivity contribution in [1.82, 2.24) is 14.8 Å². The largest absolute Gasteiger partial charge is 0.228 e. The van der Waals surface area contributed by atoms with E-state index in [1.807, 2.05) is 48.0 Å². The Hall–Kier alpha value is -2.59. The summed E-state index contributed by atoms with van der Waals surface area (Å²) in [5.74, 6) is 0. The number of nitrogens with zero attached hydrogens (tertiary/aromatic N) is 3. The minimum absolute atomic E-state index is 0.907. The van der Waals surface area contributed by atoms with Gasteiger partial charge in [-0.25, -0.2) is 9.67 Å². The van der Waals surface area contributed by atoms with E-state index < -0.39 is 0 Å². The van der Waals surface area contributed by atoms with Crippen molar-refractivity contribution in [2.24, 2.45) is 0 Å². The summed E-state index contributed by atoms with van der Waals surface area (Å²) >= 11 is 1.74. The predicted octanol–water partition coefficient (Wildman–Crippen LogP) is 5.12. The first kappa shape index (κ1) is 15.0. The van der Waals surface area contributed by atoms with Gasteiger partial charge in [0, 0.05) is 10.5 Å². The first-order valence-electron chi connectivity index (χ1n) is 7.83. The van der Waals surface area contributed by atoms with E-state index in [1.54, 1.807) is 11.8 Å². The molecule has 0 unspecified atom stereocenters. The van der Waals surface area contributed by atoms with Gasteiger partial charge in [-0.3, -0.25) is 0 Å². The Morgan fingerprint density at radius 1 is 0.917 bits per heavy atom. The molecule has 0 spiro atoms. The van der Waals surface area contributed by atoms with Crippen LogP contribution in [0.5, 0.6) is 0 Å². The second-order valence-electron chi connectivity index (χ2n) is 5.61. The zero-order valence-electron chi connectivity index (χ0n) is 13.6. The lowest BCUT2D eigenvalue weighted by Crippen LogP contribution is -1.98. The fourth-order valence-corrected chi connectivity index (χ4v) is 3.59. The smallest absolute Gasteiger partial charge is 0.164 e. The van der Waals surface area contributed by atoms with Gasteiger partial charge in [-0.05, 0) is 31.4 Å². The summed E-state index contributed by atoms with van der Waals surface area (Å²) in [4.78, 5) is 6.15. The van der Waals surface area contributed by atoms with Crippen molar-refractivity contribution in [1.29, 1.82) is 0 Å². The van der Waals surface area contributed by atoms with Gasteiger partial charge >= 0.3 is 0 Å². The molecule has 2 aromatic heterocycles. The van der Waals surface area contributed by atoms with E-state index in [4.69, 9.17) is 10.1 Å². The highest BCUT2D eigenvalue weighted by Crippen LogP contribution is 2.33. The molecule has 0 N–H and O–H groups in total. The Morgan fingerprint density at radius 2 is 1.58 bits per heavy atom. The third-order valence-corrected chi connectivity index (χ3v) is 4.83. The van der Waals surface area contributed by atoms with Gasteiger partial charge in [-0.2, -0.15) is 5.10 Å². The first-order chi connectivity index (χ1) is 11.8.